The van der Waals surface area contributed by atoms with Crippen LogP contribution in [-0.2, 0) is 6.42 Å². The van der Waals surface area contributed by atoms with Gasteiger partial charge in [0.1, 0.15) is 11.6 Å². The van der Waals surface area contributed by atoms with Crippen LogP contribution in [0.1, 0.15) is 16.7 Å². The molecule has 1 aromatic heterocycles. The molecule has 0 spiro atoms. The van der Waals surface area contributed by atoms with E-state index in [0.717, 1.165) is 15.2 Å². The summed E-state index contributed by atoms with van der Waals surface area (Å²) in [6, 6.07) is 12.3. The van der Waals surface area contributed by atoms with Crippen molar-refractivity contribution in [3.05, 3.63) is 58.9 Å². The zero-order valence-electron chi connectivity index (χ0n) is 11.4. The van der Waals surface area contributed by atoms with Gasteiger partial charge < -0.3 is 9.84 Å². The molecule has 0 aliphatic carbocycles. The number of methoxy groups -OCH3 is 1. The van der Waals surface area contributed by atoms with E-state index in [1.54, 1.807) is 12.1 Å². The first-order chi connectivity index (χ1) is 10.2. The topological polar surface area (TPSA) is 42.4 Å². The fraction of sp³-hybridized carbons (Fsp3) is 0.188. The molecule has 0 saturated heterocycles. The van der Waals surface area contributed by atoms with Crippen molar-refractivity contribution >= 4 is 21.6 Å². The Hall–Kier alpha value is -1.98. The van der Waals surface area contributed by atoms with E-state index in [0.29, 0.717) is 5.75 Å². The number of aromatic nitrogens is 1. The molecule has 1 N–H and O–H groups in total. The lowest BCUT2D eigenvalue weighted by Gasteiger charge is -2.14. The monoisotopic (exact) mass is 303 g/mol. The summed E-state index contributed by atoms with van der Waals surface area (Å²) in [5.41, 5.74) is 1.07. The zero-order chi connectivity index (χ0) is 14.8. The van der Waals surface area contributed by atoms with Crippen LogP contribution in [0.25, 0.3) is 10.2 Å². The van der Waals surface area contributed by atoms with Gasteiger partial charge in [0.05, 0.1) is 34.0 Å². The van der Waals surface area contributed by atoms with Crippen molar-refractivity contribution in [2.24, 2.45) is 0 Å². The maximum Gasteiger partial charge on any atom is 0.132 e. The molecule has 3 nitrogen and oxygen atoms in total. The van der Waals surface area contributed by atoms with E-state index < -0.39 is 11.9 Å². The number of fused-ring (bicyclic) bond motifs is 1. The SMILES string of the molecule is COc1cccc(F)c1C(O)Cc1nc2ccccc2s1. The van der Waals surface area contributed by atoms with Crippen LogP contribution in [0, 0.1) is 5.82 Å². The Balaban J connectivity index is 1.91. The fourth-order valence-corrected chi connectivity index (χ4v) is 3.30. The van der Waals surface area contributed by atoms with E-state index in [-0.39, 0.29) is 12.0 Å². The number of nitrogens with zero attached hydrogens (tertiary/aromatic N) is 1. The third-order valence-corrected chi connectivity index (χ3v) is 4.33. The second-order valence-corrected chi connectivity index (χ2v) is 5.77. The molecule has 1 heterocycles. The van der Waals surface area contributed by atoms with Crippen molar-refractivity contribution in [1.82, 2.24) is 4.98 Å². The average molecular weight is 303 g/mol. The van der Waals surface area contributed by atoms with Crippen LogP contribution in [0.15, 0.2) is 42.5 Å². The molecule has 5 heteroatoms. The van der Waals surface area contributed by atoms with Crippen LogP contribution >= 0.6 is 11.3 Å². The number of aliphatic hydroxyl groups excluding tert-OH is 1. The van der Waals surface area contributed by atoms with Gasteiger partial charge in [0.2, 0.25) is 0 Å². The lowest BCUT2D eigenvalue weighted by molar-refractivity contribution is 0.169. The lowest BCUT2D eigenvalue weighted by Crippen LogP contribution is -2.06. The van der Waals surface area contributed by atoms with Crippen molar-refractivity contribution in [2.75, 3.05) is 7.11 Å². The third kappa shape index (κ3) is 2.75. The number of rotatable bonds is 4. The Morgan fingerprint density at radius 3 is 2.81 bits per heavy atom. The van der Waals surface area contributed by atoms with Gasteiger partial charge in [0.15, 0.2) is 0 Å². The molecule has 0 radical (unpaired) electrons. The Morgan fingerprint density at radius 1 is 1.24 bits per heavy atom. The normalized spacial score (nSPS) is 12.5. The van der Waals surface area contributed by atoms with Crippen molar-refractivity contribution in [2.45, 2.75) is 12.5 Å². The van der Waals surface area contributed by atoms with Gasteiger partial charge >= 0.3 is 0 Å². The lowest BCUT2D eigenvalue weighted by atomic mass is 10.0. The second-order valence-electron chi connectivity index (χ2n) is 4.65. The van der Waals surface area contributed by atoms with E-state index >= 15 is 0 Å². The molecular weight excluding hydrogens is 289 g/mol. The van der Waals surface area contributed by atoms with Gasteiger partial charge in [-0.2, -0.15) is 0 Å². The van der Waals surface area contributed by atoms with Gasteiger partial charge in [-0.25, -0.2) is 9.37 Å². The molecule has 0 fully saturated rings. The summed E-state index contributed by atoms with van der Waals surface area (Å²) in [6.07, 6.45) is -0.724. The number of aliphatic hydroxyl groups is 1. The van der Waals surface area contributed by atoms with E-state index in [2.05, 4.69) is 4.98 Å². The molecule has 2 aromatic carbocycles. The molecule has 0 amide bonds. The Morgan fingerprint density at radius 2 is 2.05 bits per heavy atom. The van der Waals surface area contributed by atoms with Crippen molar-refractivity contribution in [1.29, 1.82) is 0 Å². The van der Waals surface area contributed by atoms with Crippen LogP contribution in [0.2, 0.25) is 0 Å². The molecule has 0 aliphatic heterocycles. The predicted octanol–water partition coefficient (Wildman–Crippen LogP) is 3.72. The first-order valence-corrected chi connectivity index (χ1v) is 7.35. The summed E-state index contributed by atoms with van der Waals surface area (Å²) < 4.78 is 20.1. The van der Waals surface area contributed by atoms with Crippen LogP contribution in [0.3, 0.4) is 0 Å². The van der Waals surface area contributed by atoms with Crippen LogP contribution < -0.4 is 4.74 Å². The molecule has 3 rings (SSSR count). The molecule has 3 aromatic rings. The van der Waals surface area contributed by atoms with Crippen LogP contribution in [0.4, 0.5) is 4.39 Å². The highest BCUT2D eigenvalue weighted by Crippen LogP contribution is 2.32. The summed E-state index contributed by atoms with van der Waals surface area (Å²) in [5, 5.41) is 11.1. The fourth-order valence-electron chi connectivity index (χ4n) is 2.29. The smallest absolute Gasteiger partial charge is 0.132 e. The van der Waals surface area contributed by atoms with E-state index in [9.17, 15) is 9.50 Å². The number of hydrogen-bond acceptors (Lipinski definition) is 4. The summed E-state index contributed by atoms with van der Waals surface area (Å²) >= 11 is 1.51. The van der Waals surface area contributed by atoms with Crippen LogP contribution in [0.5, 0.6) is 5.75 Å². The van der Waals surface area contributed by atoms with Gasteiger partial charge in [0, 0.05) is 6.42 Å². The minimum absolute atomic E-state index is 0.180. The molecule has 21 heavy (non-hydrogen) atoms. The summed E-state index contributed by atoms with van der Waals surface area (Å²) in [4.78, 5) is 4.46. The Labute approximate surface area is 125 Å². The van der Waals surface area contributed by atoms with E-state index in [4.69, 9.17) is 4.74 Å². The summed E-state index contributed by atoms with van der Waals surface area (Å²) in [6.45, 7) is 0. The highest BCUT2D eigenvalue weighted by Gasteiger charge is 2.20. The van der Waals surface area contributed by atoms with E-state index in [1.165, 1.54) is 24.5 Å². The highest BCUT2D eigenvalue weighted by atomic mass is 32.1. The molecule has 1 unspecified atom stereocenters. The van der Waals surface area contributed by atoms with Gasteiger partial charge in [-0.15, -0.1) is 11.3 Å². The number of ether oxygens (including phenoxy) is 1. The zero-order valence-corrected chi connectivity index (χ0v) is 12.2. The summed E-state index contributed by atoms with van der Waals surface area (Å²) in [5.74, 6) is -0.119. The first-order valence-electron chi connectivity index (χ1n) is 6.54. The van der Waals surface area contributed by atoms with Gasteiger partial charge in [0.25, 0.3) is 0 Å². The molecule has 0 aliphatic rings. The molecule has 0 saturated carbocycles. The van der Waals surface area contributed by atoms with Gasteiger partial charge in [-0.3, -0.25) is 0 Å². The molecule has 108 valence electrons. The maximum absolute atomic E-state index is 13.9. The maximum atomic E-state index is 13.9. The standard InChI is InChI=1S/C16H14FNO2S/c1-20-13-7-4-5-10(17)16(13)12(19)9-15-18-11-6-2-3-8-14(11)21-15/h2-8,12,19H,9H2,1H3. The molecule has 1 atom stereocenters. The van der Waals surface area contributed by atoms with Crippen molar-refractivity contribution in [3.8, 4) is 5.75 Å². The minimum Gasteiger partial charge on any atom is -0.496 e. The number of benzene rings is 2. The van der Waals surface area contributed by atoms with Gasteiger partial charge in [-0.1, -0.05) is 18.2 Å². The van der Waals surface area contributed by atoms with E-state index in [1.807, 2.05) is 24.3 Å². The molecular formula is C16H14FNO2S. The molecule has 0 bridgehead atoms. The quantitative estimate of drug-likeness (QED) is 0.798. The first kappa shape index (κ1) is 14.0. The number of hydrogen-bond donors (Lipinski definition) is 1. The number of halogens is 1. The van der Waals surface area contributed by atoms with Gasteiger partial charge in [-0.05, 0) is 24.3 Å². The van der Waals surface area contributed by atoms with Crippen LogP contribution in [-0.4, -0.2) is 17.2 Å². The number of para-hydroxylation sites is 1. The highest BCUT2D eigenvalue weighted by molar-refractivity contribution is 7.18. The summed E-state index contributed by atoms with van der Waals surface area (Å²) in [7, 11) is 1.46. The number of thiazole rings is 1. The van der Waals surface area contributed by atoms with Crippen molar-refractivity contribution in [3.63, 3.8) is 0 Å². The third-order valence-electron chi connectivity index (χ3n) is 3.27. The largest absolute Gasteiger partial charge is 0.496 e. The minimum atomic E-state index is -0.985. The predicted molar refractivity (Wildman–Crippen MR) is 81.2 cm³/mol. The average Bonchev–Trinajstić information content (AvgIpc) is 2.88. The Kier molecular flexibility index (Phi) is 3.86. The second kappa shape index (κ2) is 5.79. The van der Waals surface area contributed by atoms with Crippen molar-refractivity contribution < 1.29 is 14.2 Å². The Bertz CT molecular complexity index is 739.